The van der Waals surface area contributed by atoms with E-state index in [0.29, 0.717) is 19.5 Å². The lowest BCUT2D eigenvalue weighted by Crippen LogP contribution is -2.30. The zero-order valence-electron chi connectivity index (χ0n) is 14.1. The average Bonchev–Trinajstić information content (AvgIpc) is 3.28. The van der Waals surface area contributed by atoms with E-state index >= 15 is 0 Å². The van der Waals surface area contributed by atoms with E-state index in [1.165, 1.54) is 4.68 Å². The van der Waals surface area contributed by atoms with Crippen LogP contribution in [0.25, 0.3) is 5.69 Å². The summed E-state index contributed by atoms with van der Waals surface area (Å²) in [6.07, 6.45) is 3.88. The van der Waals surface area contributed by atoms with Gasteiger partial charge in [0.25, 0.3) is 5.91 Å². The third-order valence-electron chi connectivity index (χ3n) is 4.12. The Hall–Kier alpha value is -2.90. The smallest absolute Gasteiger partial charge is 0.273 e. The molecule has 132 valence electrons. The molecule has 1 aromatic heterocycles. The van der Waals surface area contributed by atoms with Gasteiger partial charge in [-0.3, -0.25) is 9.59 Å². The molecule has 1 aliphatic heterocycles. The van der Waals surface area contributed by atoms with Crippen LogP contribution >= 0.6 is 0 Å². The predicted molar refractivity (Wildman–Crippen MR) is 90.7 cm³/mol. The van der Waals surface area contributed by atoms with E-state index in [1.54, 1.807) is 13.3 Å². The second-order valence-corrected chi connectivity index (χ2v) is 5.84. The molecule has 1 fully saturated rings. The normalized spacial score (nSPS) is 14.0. The summed E-state index contributed by atoms with van der Waals surface area (Å²) in [7, 11) is 1.60. The monoisotopic (exact) mass is 343 g/mol. The van der Waals surface area contributed by atoms with E-state index in [-0.39, 0.29) is 17.5 Å². The number of nitrogens with one attached hydrogen (secondary N) is 1. The van der Waals surface area contributed by atoms with Gasteiger partial charge in [0.15, 0.2) is 5.69 Å². The number of rotatable bonds is 7. The molecule has 2 amide bonds. The van der Waals surface area contributed by atoms with Gasteiger partial charge in [-0.2, -0.15) is 0 Å². The van der Waals surface area contributed by atoms with E-state index < -0.39 is 0 Å². The summed E-state index contributed by atoms with van der Waals surface area (Å²) in [5, 5.41) is 10.7. The molecule has 0 radical (unpaired) electrons. The zero-order valence-corrected chi connectivity index (χ0v) is 14.1. The Bertz CT molecular complexity index is 741. The first-order valence-corrected chi connectivity index (χ1v) is 8.30. The van der Waals surface area contributed by atoms with Crippen molar-refractivity contribution in [2.75, 3.05) is 26.7 Å². The van der Waals surface area contributed by atoms with Crippen molar-refractivity contribution in [1.29, 1.82) is 0 Å². The van der Waals surface area contributed by atoms with Crippen molar-refractivity contribution in [3.05, 3.63) is 36.2 Å². The standard InChI is InChI=1S/C17H21N5O3/c1-25-14-7-5-13(6-8-14)22-12-15(19-20-22)17(24)18-9-3-11-21-10-2-4-16(21)23/h5-8,12H,2-4,9-11H2,1H3,(H,18,24). The Morgan fingerprint density at radius 1 is 1.32 bits per heavy atom. The van der Waals surface area contributed by atoms with E-state index in [4.69, 9.17) is 4.74 Å². The Kier molecular flexibility index (Phi) is 5.27. The van der Waals surface area contributed by atoms with Gasteiger partial charge < -0.3 is 15.0 Å². The summed E-state index contributed by atoms with van der Waals surface area (Å²) in [6.45, 7) is 2.00. The van der Waals surface area contributed by atoms with E-state index in [0.717, 1.165) is 30.8 Å². The SMILES string of the molecule is COc1ccc(-n2cc(C(=O)NCCCN3CCCC3=O)nn2)cc1. The predicted octanol–water partition coefficient (Wildman–Crippen LogP) is 1.02. The topological polar surface area (TPSA) is 89.4 Å². The molecule has 0 atom stereocenters. The fourth-order valence-corrected chi connectivity index (χ4v) is 2.73. The van der Waals surface area contributed by atoms with Crippen molar-refractivity contribution in [2.45, 2.75) is 19.3 Å². The van der Waals surface area contributed by atoms with Gasteiger partial charge in [-0.15, -0.1) is 5.10 Å². The van der Waals surface area contributed by atoms with Crippen molar-refractivity contribution in [3.63, 3.8) is 0 Å². The third-order valence-corrected chi connectivity index (χ3v) is 4.12. The van der Waals surface area contributed by atoms with Crippen LogP contribution in [0, 0.1) is 0 Å². The largest absolute Gasteiger partial charge is 0.497 e. The van der Waals surface area contributed by atoms with E-state index in [2.05, 4.69) is 15.6 Å². The lowest BCUT2D eigenvalue weighted by atomic mass is 10.3. The van der Waals surface area contributed by atoms with Crippen molar-refractivity contribution < 1.29 is 14.3 Å². The number of nitrogens with zero attached hydrogens (tertiary/aromatic N) is 4. The van der Waals surface area contributed by atoms with Crippen molar-refractivity contribution >= 4 is 11.8 Å². The average molecular weight is 343 g/mol. The fraction of sp³-hybridized carbons (Fsp3) is 0.412. The number of likely N-dealkylation sites (tertiary alicyclic amines) is 1. The van der Waals surface area contributed by atoms with Crippen LogP contribution in [0.5, 0.6) is 5.75 Å². The van der Waals surface area contributed by atoms with E-state index in [1.807, 2.05) is 29.2 Å². The molecule has 1 aliphatic rings. The quantitative estimate of drug-likeness (QED) is 0.758. The molecule has 25 heavy (non-hydrogen) atoms. The van der Waals surface area contributed by atoms with Gasteiger partial charge >= 0.3 is 0 Å². The molecule has 2 aromatic rings. The number of carbonyl (C=O) groups is 2. The second kappa shape index (κ2) is 7.78. The lowest BCUT2D eigenvalue weighted by Gasteiger charge is -2.14. The minimum Gasteiger partial charge on any atom is -0.497 e. The van der Waals surface area contributed by atoms with Gasteiger partial charge in [0, 0.05) is 26.1 Å². The number of hydrogen-bond donors (Lipinski definition) is 1. The second-order valence-electron chi connectivity index (χ2n) is 5.84. The van der Waals surface area contributed by atoms with Crippen molar-refractivity contribution in [3.8, 4) is 11.4 Å². The van der Waals surface area contributed by atoms with Crippen LogP contribution in [0.2, 0.25) is 0 Å². The maximum Gasteiger partial charge on any atom is 0.273 e. The maximum absolute atomic E-state index is 12.1. The van der Waals surface area contributed by atoms with Crippen LogP contribution in [0.4, 0.5) is 0 Å². The van der Waals surface area contributed by atoms with Crippen LogP contribution in [0.3, 0.4) is 0 Å². The van der Waals surface area contributed by atoms with Crippen LogP contribution in [-0.2, 0) is 4.79 Å². The Morgan fingerprint density at radius 3 is 2.80 bits per heavy atom. The molecular weight excluding hydrogens is 322 g/mol. The number of ether oxygens (including phenoxy) is 1. The Balaban J connectivity index is 1.49. The molecule has 0 unspecified atom stereocenters. The first kappa shape index (κ1) is 16.9. The highest BCUT2D eigenvalue weighted by Crippen LogP contribution is 2.14. The molecule has 8 heteroatoms. The number of amides is 2. The number of aromatic nitrogens is 3. The van der Waals surface area contributed by atoms with Gasteiger partial charge in [0.2, 0.25) is 5.91 Å². The minimum atomic E-state index is -0.271. The van der Waals surface area contributed by atoms with Crippen LogP contribution < -0.4 is 10.1 Å². The highest BCUT2D eigenvalue weighted by molar-refractivity contribution is 5.91. The van der Waals surface area contributed by atoms with Crippen LogP contribution in [0.1, 0.15) is 29.8 Å². The van der Waals surface area contributed by atoms with Crippen LogP contribution in [-0.4, -0.2) is 58.5 Å². The van der Waals surface area contributed by atoms with E-state index in [9.17, 15) is 9.59 Å². The summed E-state index contributed by atoms with van der Waals surface area (Å²) < 4.78 is 6.65. The summed E-state index contributed by atoms with van der Waals surface area (Å²) >= 11 is 0. The van der Waals surface area contributed by atoms with Gasteiger partial charge in [-0.25, -0.2) is 4.68 Å². The molecule has 2 heterocycles. The molecule has 8 nitrogen and oxygen atoms in total. The van der Waals surface area contributed by atoms with Crippen LogP contribution in [0.15, 0.2) is 30.5 Å². The molecule has 1 N–H and O–H groups in total. The number of methoxy groups -OCH3 is 1. The minimum absolute atomic E-state index is 0.203. The molecular formula is C17H21N5O3. The first-order chi connectivity index (χ1) is 12.2. The molecule has 1 saturated heterocycles. The number of hydrogen-bond acceptors (Lipinski definition) is 5. The fourth-order valence-electron chi connectivity index (χ4n) is 2.73. The molecule has 0 aliphatic carbocycles. The molecule has 3 rings (SSSR count). The Labute approximate surface area is 145 Å². The maximum atomic E-state index is 12.1. The highest BCUT2D eigenvalue weighted by Gasteiger charge is 2.19. The summed E-state index contributed by atoms with van der Waals surface area (Å²) in [6, 6.07) is 7.30. The molecule has 0 bridgehead atoms. The van der Waals surface area contributed by atoms with Gasteiger partial charge in [-0.1, -0.05) is 5.21 Å². The first-order valence-electron chi connectivity index (χ1n) is 8.30. The van der Waals surface area contributed by atoms with Gasteiger partial charge in [0.1, 0.15) is 5.75 Å². The van der Waals surface area contributed by atoms with Gasteiger partial charge in [0.05, 0.1) is 19.0 Å². The Morgan fingerprint density at radius 2 is 2.12 bits per heavy atom. The molecule has 0 spiro atoms. The van der Waals surface area contributed by atoms with Gasteiger partial charge in [-0.05, 0) is 37.1 Å². The highest BCUT2D eigenvalue weighted by atomic mass is 16.5. The lowest BCUT2D eigenvalue weighted by molar-refractivity contribution is -0.127. The summed E-state index contributed by atoms with van der Waals surface area (Å²) in [5.74, 6) is 0.680. The molecule has 1 aromatic carbocycles. The van der Waals surface area contributed by atoms with Crippen molar-refractivity contribution in [2.24, 2.45) is 0 Å². The number of carbonyl (C=O) groups excluding carboxylic acids is 2. The number of benzene rings is 1. The van der Waals surface area contributed by atoms with Crippen molar-refractivity contribution in [1.82, 2.24) is 25.2 Å². The summed E-state index contributed by atoms with van der Waals surface area (Å²) in [5.41, 5.74) is 1.05. The summed E-state index contributed by atoms with van der Waals surface area (Å²) in [4.78, 5) is 25.5. The zero-order chi connectivity index (χ0) is 17.6. The molecule has 0 saturated carbocycles. The third kappa shape index (κ3) is 4.14.